The largest absolute Gasteiger partial charge is 0.540 e. The Morgan fingerprint density at radius 1 is 0.629 bits per heavy atom. The van der Waals surface area contributed by atoms with Crippen LogP contribution in [-0.4, -0.2) is 55.6 Å². The van der Waals surface area contributed by atoms with Crippen molar-refractivity contribution in [1.82, 2.24) is 10.6 Å². The zero-order valence-corrected chi connectivity index (χ0v) is 23.2. The summed E-state index contributed by atoms with van der Waals surface area (Å²) in [6.07, 6.45) is 20.2. The fraction of sp³-hybridized carbons (Fsp3) is 0.962. The molecule has 0 saturated carbocycles. The summed E-state index contributed by atoms with van der Waals surface area (Å²) < 4.78 is 0. The van der Waals surface area contributed by atoms with E-state index in [0.29, 0.717) is 6.61 Å². The number of carbonyl (C=O) groups is 1. The molecule has 0 heterocycles. The summed E-state index contributed by atoms with van der Waals surface area (Å²) in [6, 6.07) is 0. The molecule has 0 aliphatic rings. The zero-order chi connectivity index (χ0) is 25.5. The van der Waals surface area contributed by atoms with Crippen LogP contribution in [0.4, 0.5) is 4.79 Å². The molecule has 0 atom stereocenters. The fourth-order valence-electron chi connectivity index (χ4n) is 3.70. The molecule has 210 valence electrons. The molecular weight excluding hydrogens is 468 g/mol. The van der Waals surface area contributed by atoms with Gasteiger partial charge >= 0.3 is 6.16 Å². The molecule has 0 amide bonds. The van der Waals surface area contributed by atoms with Gasteiger partial charge in [0.2, 0.25) is 0 Å². The highest BCUT2D eigenvalue weighted by molar-refractivity contribution is 7.99. The first-order valence-corrected chi connectivity index (χ1v) is 15.3. The van der Waals surface area contributed by atoms with Crippen molar-refractivity contribution in [3.8, 4) is 0 Å². The van der Waals surface area contributed by atoms with Crippen LogP contribution in [0.2, 0.25) is 0 Å². The minimum Gasteiger partial charge on any atom is -0.448 e. The highest BCUT2D eigenvalue weighted by Crippen LogP contribution is 2.09. The second-order valence-corrected chi connectivity index (χ2v) is 10.3. The Labute approximate surface area is 218 Å². The van der Waals surface area contributed by atoms with Crippen molar-refractivity contribution in [3.05, 3.63) is 0 Å². The highest BCUT2D eigenvalue weighted by atomic mass is 32.2. The van der Waals surface area contributed by atoms with E-state index in [9.17, 15) is 4.79 Å². The lowest BCUT2D eigenvalue weighted by atomic mass is 10.1. The molecule has 0 unspecified atom stereocenters. The maximum absolute atomic E-state index is 9.97. The molecule has 35 heavy (non-hydrogen) atoms. The Balaban J connectivity index is 3.01. The van der Waals surface area contributed by atoms with E-state index < -0.39 is 6.16 Å². The topological polar surface area (TPSA) is 98.3 Å². The van der Waals surface area contributed by atoms with E-state index in [1.807, 2.05) is 0 Å². The average Bonchev–Trinajstić information content (AvgIpc) is 2.85. The van der Waals surface area contributed by atoms with Crippen LogP contribution in [0, 0.1) is 0 Å². The van der Waals surface area contributed by atoms with Crippen LogP contribution >= 0.6 is 11.8 Å². The summed E-state index contributed by atoms with van der Waals surface area (Å²) >= 11 is 2.09. The number of nitrogens with one attached hydrogen (secondary N) is 2. The molecule has 0 aromatic heterocycles. The normalized spacial score (nSPS) is 11.2. The molecule has 0 saturated heterocycles. The van der Waals surface area contributed by atoms with Gasteiger partial charge in [-0.15, -0.1) is 0 Å². The smallest absolute Gasteiger partial charge is 0.448 e. The van der Waals surface area contributed by atoms with Gasteiger partial charge in [0, 0.05) is 5.04 Å². The molecule has 0 aromatic rings. The van der Waals surface area contributed by atoms with Crippen molar-refractivity contribution in [2.75, 3.05) is 44.3 Å². The Bertz CT molecular complexity index is 421. The van der Waals surface area contributed by atoms with Gasteiger partial charge in [0.1, 0.15) is 0 Å². The van der Waals surface area contributed by atoms with E-state index in [1.54, 1.807) is 0 Å². The van der Waals surface area contributed by atoms with Gasteiger partial charge in [-0.05, 0) is 81.2 Å². The lowest BCUT2D eigenvalue weighted by Crippen LogP contribution is -2.17. The van der Waals surface area contributed by atoms with Gasteiger partial charge in [-0.25, -0.2) is 14.6 Å². The molecule has 0 spiro atoms. The van der Waals surface area contributed by atoms with Gasteiger partial charge in [-0.3, -0.25) is 0 Å². The molecule has 9 heteroatoms. The van der Waals surface area contributed by atoms with Crippen molar-refractivity contribution in [3.63, 3.8) is 0 Å². The number of thioether (sulfide) groups is 1. The Hall–Kier alpha value is -0.580. The lowest BCUT2D eigenvalue weighted by Gasteiger charge is -2.06. The number of hydrogen-bond acceptors (Lipinski definition) is 8. The number of hydrogen-bond donors (Lipinski definition) is 3. The molecule has 0 aromatic carbocycles. The molecule has 0 bridgehead atoms. The van der Waals surface area contributed by atoms with Gasteiger partial charge in [0.15, 0.2) is 0 Å². The first kappa shape index (κ1) is 34.4. The molecular formula is C26H54N2O6S. The summed E-state index contributed by atoms with van der Waals surface area (Å²) in [5, 5.41) is 23.2. The Morgan fingerprint density at radius 3 is 1.71 bits per heavy atom. The molecule has 0 aliphatic heterocycles. The SMILES string of the molecule is CCCCCCCCCCNCCCCCSCCCNCCCCCCCOOOOC(=O)O. The second-order valence-electron chi connectivity index (χ2n) is 9.08. The summed E-state index contributed by atoms with van der Waals surface area (Å²) in [5.41, 5.74) is 0. The summed E-state index contributed by atoms with van der Waals surface area (Å²) in [5.74, 6) is 2.55. The van der Waals surface area contributed by atoms with E-state index in [-0.39, 0.29) is 0 Å². The van der Waals surface area contributed by atoms with Crippen LogP contribution in [0.5, 0.6) is 0 Å². The number of unbranched alkanes of at least 4 members (excludes halogenated alkanes) is 13. The standard InChI is InChI=1S/C26H54N2O6S/c1-2-3-4-5-6-7-9-13-19-27-21-15-12-17-24-35-25-18-22-28-20-14-10-8-11-16-23-31-33-34-32-26(29)30/h27-28H,2-25H2,1H3,(H,29,30). The third kappa shape index (κ3) is 33.4. The van der Waals surface area contributed by atoms with Crippen LogP contribution < -0.4 is 10.6 Å². The van der Waals surface area contributed by atoms with Crippen LogP contribution in [0.25, 0.3) is 0 Å². The molecule has 8 nitrogen and oxygen atoms in total. The molecule has 0 radical (unpaired) electrons. The minimum absolute atomic E-state index is 0.342. The van der Waals surface area contributed by atoms with Crippen LogP contribution in [0.15, 0.2) is 0 Å². The maximum atomic E-state index is 9.97. The van der Waals surface area contributed by atoms with E-state index >= 15 is 0 Å². The molecule has 0 rings (SSSR count). The third-order valence-electron chi connectivity index (χ3n) is 5.75. The van der Waals surface area contributed by atoms with Crippen LogP contribution in [-0.2, 0) is 19.9 Å². The molecule has 0 aliphatic carbocycles. The second kappa shape index (κ2) is 31.4. The van der Waals surface area contributed by atoms with E-state index in [0.717, 1.165) is 32.4 Å². The quantitative estimate of drug-likeness (QED) is 0.0521. The minimum atomic E-state index is -1.58. The monoisotopic (exact) mass is 522 g/mol. The van der Waals surface area contributed by atoms with Gasteiger partial charge < -0.3 is 15.7 Å². The Kier molecular flexibility index (Phi) is 30.9. The van der Waals surface area contributed by atoms with E-state index in [4.69, 9.17) is 5.11 Å². The first-order chi connectivity index (χ1) is 17.3. The fourth-order valence-corrected chi connectivity index (χ4v) is 4.66. The molecule has 3 N–H and O–H groups in total. The number of rotatable bonds is 30. The lowest BCUT2D eigenvalue weighted by molar-refractivity contribution is -0.618. The predicted octanol–water partition coefficient (Wildman–Crippen LogP) is 7.04. The highest BCUT2D eigenvalue weighted by Gasteiger charge is 1.99. The summed E-state index contributed by atoms with van der Waals surface area (Å²) in [7, 11) is 0. The maximum Gasteiger partial charge on any atom is 0.540 e. The summed E-state index contributed by atoms with van der Waals surface area (Å²) in [4.78, 5) is 18.2. The van der Waals surface area contributed by atoms with E-state index in [1.165, 1.54) is 114 Å². The van der Waals surface area contributed by atoms with Gasteiger partial charge in [-0.1, -0.05) is 77.6 Å². The van der Waals surface area contributed by atoms with Gasteiger partial charge in [0.05, 0.1) is 6.61 Å². The zero-order valence-electron chi connectivity index (χ0n) is 22.4. The van der Waals surface area contributed by atoms with Crippen LogP contribution in [0.1, 0.15) is 116 Å². The van der Waals surface area contributed by atoms with Crippen molar-refractivity contribution in [2.45, 2.75) is 116 Å². The molecule has 0 fully saturated rings. The Morgan fingerprint density at radius 2 is 1.11 bits per heavy atom. The first-order valence-electron chi connectivity index (χ1n) is 14.1. The predicted molar refractivity (Wildman–Crippen MR) is 144 cm³/mol. The van der Waals surface area contributed by atoms with Gasteiger partial charge in [0.25, 0.3) is 0 Å². The van der Waals surface area contributed by atoms with Crippen molar-refractivity contribution in [1.29, 1.82) is 0 Å². The third-order valence-corrected chi connectivity index (χ3v) is 6.91. The average molecular weight is 523 g/mol. The van der Waals surface area contributed by atoms with Crippen molar-refractivity contribution >= 4 is 17.9 Å². The number of carboxylic acid groups (broad SMARTS) is 1. The van der Waals surface area contributed by atoms with E-state index in [2.05, 4.69) is 49.2 Å². The van der Waals surface area contributed by atoms with Crippen molar-refractivity contribution in [2.24, 2.45) is 0 Å². The summed E-state index contributed by atoms with van der Waals surface area (Å²) in [6.45, 7) is 7.20. The van der Waals surface area contributed by atoms with Crippen LogP contribution in [0.3, 0.4) is 0 Å². The van der Waals surface area contributed by atoms with Gasteiger partial charge in [-0.2, -0.15) is 11.8 Å². The van der Waals surface area contributed by atoms with Crippen molar-refractivity contribution < 1.29 is 29.8 Å².